The van der Waals surface area contributed by atoms with Crippen LogP contribution in [-0.2, 0) is 0 Å². The van der Waals surface area contributed by atoms with Gasteiger partial charge in [0.1, 0.15) is 5.75 Å². The lowest BCUT2D eigenvalue weighted by Crippen LogP contribution is -1.95. The van der Waals surface area contributed by atoms with Gasteiger partial charge in [0.25, 0.3) is 0 Å². The van der Waals surface area contributed by atoms with E-state index in [9.17, 15) is 9.50 Å². The first-order chi connectivity index (χ1) is 9.10. The Morgan fingerprint density at radius 1 is 1.16 bits per heavy atom. The predicted octanol–water partition coefficient (Wildman–Crippen LogP) is 4.37. The van der Waals surface area contributed by atoms with Gasteiger partial charge in [0.2, 0.25) is 0 Å². The lowest BCUT2D eigenvalue weighted by Gasteiger charge is -2.10. The summed E-state index contributed by atoms with van der Waals surface area (Å²) in [6.07, 6.45) is 0.192. The molecule has 0 saturated carbocycles. The quantitative estimate of drug-likeness (QED) is 0.884. The monoisotopic (exact) mass is 260 g/mol. The maximum Gasteiger partial charge on any atom is 0.165 e. The summed E-state index contributed by atoms with van der Waals surface area (Å²) in [5.74, 6) is 0.378. The van der Waals surface area contributed by atoms with Crippen LogP contribution in [0.4, 0.5) is 4.39 Å². The van der Waals surface area contributed by atoms with Crippen LogP contribution in [0.15, 0.2) is 42.5 Å². The number of hydrogen-bond acceptors (Lipinski definition) is 2. The molecule has 0 aliphatic rings. The number of hydrogen-bond donors (Lipinski definition) is 1. The third-order valence-electron chi connectivity index (χ3n) is 2.97. The molecule has 19 heavy (non-hydrogen) atoms. The number of rotatable bonds is 4. The second-order valence-corrected chi connectivity index (χ2v) is 4.53. The van der Waals surface area contributed by atoms with Gasteiger partial charge in [0.05, 0.1) is 6.10 Å². The third kappa shape index (κ3) is 3.32. The highest BCUT2D eigenvalue weighted by molar-refractivity contribution is 5.36. The van der Waals surface area contributed by atoms with Gasteiger partial charge in [-0.25, -0.2) is 4.39 Å². The summed E-state index contributed by atoms with van der Waals surface area (Å²) >= 11 is 0. The molecular weight excluding hydrogens is 243 g/mol. The van der Waals surface area contributed by atoms with E-state index in [0.29, 0.717) is 12.2 Å². The van der Waals surface area contributed by atoms with Crippen LogP contribution in [0.2, 0.25) is 0 Å². The first-order valence-corrected chi connectivity index (χ1v) is 6.32. The van der Waals surface area contributed by atoms with E-state index < -0.39 is 6.10 Å². The number of halogens is 1. The van der Waals surface area contributed by atoms with Crippen LogP contribution in [0.25, 0.3) is 0 Å². The van der Waals surface area contributed by atoms with Crippen LogP contribution >= 0.6 is 0 Å². The van der Waals surface area contributed by atoms with Crippen molar-refractivity contribution < 1.29 is 14.2 Å². The molecule has 0 radical (unpaired) electrons. The minimum Gasteiger partial charge on any atom is -0.454 e. The van der Waals surface area contributed by atoms with E-state index in [-0.39, 0.29) is 11.6 Å². The number of aliphatic hydroxyl groups excluding tert-OH is 1. The van der Waals surface area contributed by atoms with E-state index in [4.69, 9.17) is 4.74 Å². The van der Waals surface area contributed by atoms with Gasteiger partial charge in [0.15, 0.2) is 11.6 Å². The predicted molar refractivity (Wildman–Crippen MR) is 72.9 cm³/mol. The fourth-order valence-electron chi connectivity index (χ4n) is 1.81. The standard InChI is InChI=1S/C16H17FO2/c1-3-15(18)12-5-7-13(8-6-12)19-16-10-11(2)4-9-14(16)17/h4-10,15,18H,3H2,1-2H3/t15-/m1/s1. The largest absolute Gasteiger partial charge is 0.454 e. The van der Waals surface area contributed by atoms with Crippen molar-refractivity contribution >= 4 is 0 Å². The van der Waals surface area contributed by atoms with Crippen LogP contribution in [-0.4, -0.2) is 5.11 Å². The highest BCUT2D eigenvalue weighted by Gasteiger charge is 2.07. The maximum atomic E-state index is 13.6. The summed E-state index contributed by atoms with van der Waals surface area (Å²) in [6, 6.07) is 11.8. The van der Waals surface area contributed by atoms with Gasteiger partial charge in [-0.1, -0.05) is 25.1 Å². The molecule has 1 atom stereocenters. The molecule has 0 fully saturated rings. The van der Waals surface area contributed by atoms with E-state index in [2.05, 4.69) is 0 Å². The fourth-order valence-corrected chi connectivity index (χ4v) is 1.81. The van der Waals surface area contributed by atoms with Gasteiger partial charge in [-0.15, -0.1) is 0 Å². The van der Waals surface area contributed by atoms with Crippen molar-refractivity contribution in [2.75, 3.05) is 0 Å². The first kappa shape index (κ1) is 13.6. The zero-order valence-corrected chi connectivity index (χ0v) is 11.1. The second-order valence-electron chi connectivity index (χ2n) is 4.53. The van der Waals surface area contributed by atoms with Crippen molar-refractivity contribution in [3.63, 3.8) is 0 Å². The minimum atomic E-state index is -0.468. The highest BCUT2D eigenvalue weighted by atomic mass is 19.1. The molecule has 0 aliphatic heterocycles. The average Bonchev–Trinajstić information content (AvgIpc) is 2.43. The molecule has 0 amide bonds. The Balaban J connectivity index is 2.17. The first-order valence-electron chi connectivity index (χ1n) is 6.32. The van der Waals surface area contributed by atoms with Crippen molar-refractivity contribution in [1.29, 1.82) is 0 Å². The smallest absolute Gasteiger partial charge is 0.165 e. The lowest BCUT2D eigenvalue weighted by atomic mass is 10.1. The molecule has 100 valence electrons. The summed E-state index contributed by atoms with van der Waals surface area (Å²) in [5.41, 5.74) is 1.77. The van der Waals surface area contributed by atoms with Crippen LogP contribution in [0.3, 0.4) is 0 Å². The molecule has 2 aromatic carbocycles. The summed E-state index contributed by atoms with van der Waals surface area (Å²) in [6.45, 7) is 3.80. The lowest BCUT2D eigenvalue weighted by molar-refractivity contribution is 0.173. The number of aliphatic hydroxyl groups is 1. The van der Waals surface area contributed by atoms with Crippen molar-refractivity contribution in [2.45, 2.75) is 26.4 Å². The highest BCUT2D eigenvalue weighted by Crippen LogP contribution is 2.27. The molecule has 0 heterocycles. The van der Waals surface area contributed by atoms with E-state index in [1.807, 2.05) is 13.8 Å². The van der Waals surface area contributed by atoms with Crippen molar-refractivity contribution in [1.82, 2.24) is 0 Å². The van der Waals surface area contributed by atoms with Gasteiger partial charge in [-0.05, 0) is 48.7 Å². The molecule has 2 nitrogen and oxygen atoms in total. The van der Waals surface area contributed by atoms with Crippen molar-refractivity contribution in [3.05, 3.63) is 59.4 Å². The summed E-state index contributed by atoms with van der Waals surface area (Å²) < 4.78 is 19.1. The fraction of sp³-hybridized carbons (Fsp3) is 0.250. The Hall–Kier alpha value is -1.87. The summed E-state index contributed by atoms with van der Waals surface area (Å²) in [4.78, 5) is 0. The van der Waals surface area contributed by atoms with Crippen LogP contribution in [0, 0.1) is 12.7 Å². The minimum absolute atomic E-state index is 0.212. The van der Waals surface area contributed by atoms with E-state index >= 15 is 0 Å². The molecular formula is C16H17FO2. The Bertz CT molecular complexity index is 549. The molecule has 3 heteroatoms. The van der Waals surface area contributed by atoms with Gasteiger partial charge >= 0.3 is 0 Å². The summed E-state index contributed by atoms with van der Waals surface area (Å²) in [7, 11) is 0. The van der Waals surface area contributed by atoms with Gasteiger partial charge < -0.3 is 9.84 Å². The Kier molecular flexibility index (Phi) is 4.17. The molecule has 0 bridgehead atoms. The van der Waals surface area contributed by atoms with Crippen molar-refractivity contribution in [3.8, 4) is 11.5 Å². The molecule has 0 unspecified atom stereocenters. The SMILES string of the molecule is CC[C@@H](O)c1ccc(Oc2cc(C)ccc2F)cc1. The molecule has 2 aromatic rings. The van der Waals surface area contributed by atoms with Crippen LogP contribution in [0.1, 0.15) is 30.6 Å². The molecule has 0 saturated heterocycles. The summed E-state index contributed by atoms with van der Waals surface area (Å²) in [5, 5.41) is 9.69. The zero-order valence-electron chi connectivity index (χ0n) is 11.1. The molecule has 0 aromatic heterocycles. The molecule has 0 aliphatic carbocycles. The number of ether oxygens (including phenoxy) is 1. The van der Waals surface area contributed by atoms with Gasteiger partial charge in [0, 0.05) is 0 Å². The second kappa shape index (κ2) is 5.85. The zero-order chi connectivity index (χ0) is 13.8. The van der Waals surface area contributed by atoms with E-state index in [0.717, 1.165) is 11.1 Å². The Labute approximate surface area is 112 Å². The number of aryl methyl sites for hydroxylation is 1. The maximum absolute atomic E-state index is 13.6. The van der Waals surface area contributed by atoms with E-state index in [1.54, 1.807) is 36.4 Å². The Morgan fingerprint density at radius 3 is 2.47 bits per heavy atom. The molecule has 1 N–H and O–H groups in total. The Morgan fingerprint density at radius 2 is 1.84 bits per heavy atom. The van der Waals surface area contributed by atoms with Crippen LogP contribution < -0.4 is 4.74 Å². The molecule has 0 spiro atoms. The average molecular weight is 260 g/mol. The topological polar surface area (TPSA) is 29.5 Å². The van der Waals surface area contributed by atoms with E-state index in [1.165, 1.54) is 6.07 Å². The number of benzene rings is 2. The van der Waals surface area contributed by atoms with Crippen molar-refractivity contribution in [2.24, 2.45) is 0 Å². The molecule has 2 rings (SSSR count). The van der Waals surface area contributed by atoms with Gasteiger partial charge in [-0.2, -0.15) is 0 Å². The normalized spacial score (nSPS) is 12.2. The van der Waals surface area contributed by atoms with Crippen LogP contribution in [0.5, 0.6) is 11.5 Å². The van der Waals surface area contributed by atoms with Gasteiger partial charge in [-0.3, -0.25) is 0 Å². The third-order valence-corrected chi connectivity index (χ3v) is 2.97.